The van der Waals surface area contributed by atoms with Crippen molar-refractivity contribution >= 4 is 0 Å². The van der Waals surface area contributed by atoms with Crippen LogP contribution in [0, 0.1) is 13.8 Å². The van der Waals surface area contributed by atoms with Crippen LogP contribution >= 0.6 is 0 Å². The number of ether oxygens (including phenoxy) is 1. The van der Waals surface area contributed by atoms with Crippen LogP contribution in [0.4, 0.5) is 0 Å². The number of aliphatic hydroxyl groups excluding tert-OH is 1. The third-order valence-electron chi connectivity index (χ3n) is 2.87. The summed E-state index contributed by atoms with van der Waals surface area (Å²) in [6.07, 6.45) is -0.690. The molecule has 1 N–H and O–H groups in total. The summed E-state index contributed by atoms with van der Waals surface area (Å²) >= 11 is 0. The second kappa shape index (κ2) is 5.14. The van der Waals surface area contributed by atoms with E-state index >= 15 is 0 Å². The number of aliphatic hydroxyl groups is 1. The maximum Gasteiger partial charge on any atom is 0.118 e. The van der Waals surface area contributed by atoms with Crippen molar-refractivity contribution in [1.82, 2.24) is 10.2 Å². The molecule has 4 heteroatoms. The van der Waals surface area contributed by atoms with Gasteiger partial charge in [0.1, 0.15) is 11.9 Å². The van der Waals surface area contributed by atoms with Crippen molar-refractivity contribution in [3.8, 4) is 5.75 Å². The standard InChI is InChI=1S/C14H16N2O2/c1-9-8-13(10(2)16-15-9)14(17)11-4-6-12(18-3)7-5-11/h4-8,14,17H,1-3H3. The molecule has 4 nitrogen and oxygen atoms in total. The van der Waals surface area contributed by atoms with E-state index in [1.54, 1.807) is 7.11 Å². The molecule has 18 heavy (non-hydrogen) atoms. The van der Waals surface area contributed by atoms with Crippen molar-refractivity contribution in [2.45, 2.75) is 20.0 Å². The van der Waals surface area contributed by atoms with Gasteiger partial charge in [0.25, 0.3) is 0 Å². The minimum atomic E-state index is -0.690. The predicted molar refractivity (Wildman–Crippen MR) is 68.6 cm³/mol. The number of aryl methyl sites for hydroxylation is 2. The molecule has 1 atom stereocenters. The molecule has 0 saturated heterocycles. The number of hydrogen-bond donors (Lipinski definition) is 1. The molecule has 0 aliphatic carbocycles. The lowest BCUT2D eigenvalue weighted by molar-refractivity contribution is 0.218. The van der Waals surface area contributed by atoms with Gasteiger partial charge >= 0.3 is 0 Å². The van der Waals surface area contributed by atoms with Crippen molar-refractivity contribution in [3.63, 3.8) is 0 Å². The van der Waals surface area contributed by atoms with E-state index in [9.17, 15) is 5.11 Å². The fourth-order valence-corrected chi connectivity index (χ4v) is 1.81. The molecular weight excluding hydrogens is 228 g/mol. The second-order valence-corrected chi connectivity index (χ2v) is 4.20. The topological polar surface area (TPSA) is 55.2 Å². The molecule has 2 aromatic rings. The number of methoxy groups -OCH3 is 1. The molecule has 1 aromatic carbocycles. The highest BCUT2D eigenvalue weighted by molar-refractivity contribution is 5.35. The Morgan fingerprint density at radius 2 is 1.78 bits per heavy atom. The molecule has 0 spiro atoms. The van der Waals surface area contributed by atoms with Gasteiger partial charge in [0.2, 0.25) is 0 Å². The first-order valence-electron chi connectivity index (χ1n) is 5.74. The van der Waals surface area contributed by atoms with E-state index in [0.29, 0.717) is 0 Å². The third kappa shape index (κ3) is 2.49. The maximum absolute atomic E-state index is 10.4. The fourth-order valence-electron chi connectivity index (χ4n) is 1.81. The number of hydrogen-bond acceptors (Lipinski definition) is 4. The van der Waals surface area contributed by atoms with Crippen molar-refractivity contribution in [3.05, 3.63) is 52.8 Å². The van der Waals surface area contributed by atoms with E-state index in [1.165, 1.54) is 0 Å². The molecule has 1 unspecified atom stereocenters. The van der Waals surface area contributed by atoms with E-state index < -0.39 is 6.10 Å². The Hall–Kier alpha value is -1.94. The predicted octanol–water partition coefficient (Wildman–Crippen LogP) is 2.18. The lowest BCUT2D eigenvalue weighted by Gasteiger charge is -2.14. The Kier molecular flexibility index (Phi) is 3.58. The van der Waals surface area contributed by atoms with Crippen LogP contribution in [0.1, 0.15) is 28.6 Å². The van der Waals surface area contributed by atoms with Crippen LogP contribution in [0.2, 0.25) is 0 Å². The molecule has 2 rings (SSSR count). The minimum absolute atomic E-state index is 0.690. The molecule has 0 radical (unpaired) electrons. The van der Waals surface area contributed by atoms with E-state index in [1.807, 2.05) is 44.2 Å². The smallest absolute Gasteiger partial charge is 0.118 e. The van der Waals surface area contributed by atoms with Crippen molar-refractivity contribution < 1.29 is 9.84 Å². The first kappa shape index (κ1) is 12.5. The van der Waals surface area contributed by atoms with Crippen LogP contribution in [0.25, 0.3) is 0 Å². The molecule has 0 saturated carbocycles. The van der Waals surface area contributed by atoms with Crippen molar-refractivity contribution in [2.24, 2.45) is 0 Å². The van der Waals surface area contributed by atoms with E-state index in [0.717, 1.165) is 28.3 Å². The fraction of sp³-hybridized carbons (Fsp3) is 0.286. The first-order valence-corrected chi connectivity index (χ1v) is 5.74. The van der Waals surface area contributed by atoms with Gasteiger partial charge in [0.15, 0.2) is 0 Å². The Balaban J connectivity index is 2.34. The van der Waals surface area contributed by atoms with Crippen molar-refractivity contribution in [2.75, 3.05) is 7.11 Å². The quantitative estimate of drug-likeness (QED) is 0.899. The highest BCUT2D eigenvalue weighted by Crippen LogP contribution is 2.25. The van der Waals surface area contributed by atoms with Crippen LogP contribution in [0.3, 0.4) is 0 Å². The summed E-state index contributed by atoms with van der Waals surface area (Å²) in [5.74, 6) is 0.770. The van der Waals surface area contributed by atoms with Gasteiger partial charge in [-0.25, -0.2) is 0 Å². The zero-order chi connectivity index (χ0) is 13.1. The molecule has 0 amide bonds. The van der Waals surface area contributed by atoms with Gasteiger partial charge in [-0.15, -0.1) is 0 Å². The van der Waals surface area contributed by atoms with Gasteiger partial charge in [0.05, 0.1) is 18.5 Å². The molecule has 0 fully saturated rings. The summed E-state index contributed by atoms with van der Waals surface area (Å²) in [6, 6.07) is 9.21. The first-order chi connectivity index (χ1) is 8.61. The highest BCUT2D eigenvalue weighted by Gasteiger charge is 2.14. The second-order valence-electron chi connectivity index (χ2n) is 4.20. The van der Waals surface area contributed by atoms with Crippen LogP contribution < -0.4 is 4.74 Å². The lowest BCUT2D eigenvalue weighted by atomic mass is 10.0. The Morgan fingerprint density at radius 3 is 2.39 bits per heavy atom. The zero-order valence-corrected chi connectivity index (χ0v) is 10.7. The zero-order valence-electron chi connectivity index (χ0n) is 10.7. The highest BCUT2D eigenvalue weighted by atomic mass is 16.5. The van der Waals surface area contributed by atoms with Crippen LogP contribution in [-0.2, 0) is 0 Å². The van der Waals surface area contributed by atoms with Gasteiger partial charge < -0.3 is 9.84 Å². The Bertz CT molecular complexity index is 538. The number of aromatic nitrogens is 2. The summed E-state index contributed by atoms with van der Waals surface area (Å²) in [4.78, 5) is 0. The van der Waals surface area contributed by atoms with Gasteiger partial charge in [-0.3, -0.25) is 0 Å². The monoisotopic (exact) mass is 244 g/mol. The summed E-state index contributed by atoms with van der Waals surface area (Å²) in [7, 11) is 1.62. The van der Waals surface area contributed by atoms with Gasteiger partial charge in [-0.1, -0.05) is 12.1 Å². The average Bonchev–Trinajstić information content (AvgIpc) is 2.41. The van der Waals surface area contributed by atoms with Gasteiger partial charge in [-0.05, 0) is 37.6 Å². The van der Waals surface area contributed by atoms with Crippen LogP contribution in [-0.4, -0.2) is 22.4 Å². The van der Waals surface area contributed by atoms with Gasteiger partial charge in [-0.2, -0.15) is 10.2 Å². The summed E-state index contributed by atoms with van der Waals surface area (Å²) in [5.41, 5.74) is 3.13. The SMILES string of the molecule is COc1ccc(C(O)c2cc(C)nnc2C)cc1. The molecule has 1 aromatic heterocycles. The molecule has 94 valence electrons. The summed E-state index contributed by atoms with van der Waals surface area (Å²) < 4.78 is 5.09. The number of rotatable bonds is 3. The van der Waals surface area contributed by atoms with E-state index in [4.69, 9.17) is 4.74 Å². The summed E-state index contributed by atoms with van der Waals surface area (Å²) in [5, 5.41) is 18.3. The maximum atomic E-state index is 10.4. The van der Waals surface area contributed by atoms with Gasteiger partial charge in [0, 0.05) is 5.56 Å². The number of nitrogens with zero attached hydrogens (tertiary/aromatic N) is 2. The molecule has 0 bridgehead atoms. The Morgan fingerprint density at radius 1 is 1.11 bits per heavy atom. The largest absolute Gasteiger partial charge is 0.497 e. The normalized spacial score (nSPS) is 12.2. The van der Waals surface area contributed by atoms with Crippen LogP contribution in [0.15, 0.2) is 30.3 Å². The van der Waals surface area contributed by atoms with Crippen LogP contribution in [0.5, 0.6) is 5.75 Å². The molecular formula is C14H16N2O2. The lowest BCUT2D eigenvalue weighted by Crippen LogP contribution is -2.05. The van der Waals surface area contributed by atoms with Crippen molar-refractivity contribution in [1.29, 1.82) is 0 Å². The van der Waals surface area contributed by atoms with E-state index in [-0.39, 0.29) is 0 Å². The molecule has 1 heterocycles. The minimum Gasteiger partial charge on any atom is -0.497 e. The molecule has 0 aliphatic heterocycles. The van der Waals surface area contributed by atoms with E-state index in [2.05, 4.69) is 10.2 Å². The average molecular weight is 244 g/mol. The number of benzene rings is 1. The Labute approximate surface area is 106 Å². The summed E-state index contributed by atoms with van der Waals surface area (Å²) in [6.45, 7) is 3.70. The molecule has 0 aliphatic rings. The third-order valence-corrected chi connectivity index (χ3v) is 2.87.